The number of allylic oxidation sites excluding steroid dienone is 2. The lowest BCUT2D eigenvalue weighted by atomic mass is 10.1. The zero-order valence-corrected chi connectivity index (χ0v) is 8.54. The third-order valence-electron chi connectivity index (χ3n) is 1.90. The predicted octanol–water partition coefficient (Wildman–Crippen LogP) is 2.92. The van der Waals surface area contributed by atoms with E-state index in [2.05, 4.69) is 36.4 Å². The second-order valence-electron chi connectivity index (χ2n) is 2.80. The second kappa shape index (κ2) is 6.55. The van der Waals surface area contributed by atoms with Gasteiger partial charge in [0, 0.05) is 6.54 Å². The standard InChI is InChI=1S/C11H15N.ClH/c1-3-7-11-8-5-6-10-12(11)9-4-2;/h3-6,8,10-11H,1-2,7,9H2;1H. The Morgan fingerprint density at radius 3 is 2.62 bits per heavy atom. The van der Waals surface area contributed by atoms with Crippen molar-refractivity contribution in [3.8, 4) is 0 Å². The van der Waals surface area contributed by atoms with Crippen molar-refractivity contribution < 1.29 is 0 Å². The minimum atomic E-state index is 0. The highest BCUT2D eigenvalue weighted by atomic mass is 35.5. The van der Waals surface area contributed by atoms with E-state index in [1.165, 1.54) is 0 Å². The van der Waals surface area contributed by atoms with Gasteiger partial charge in [-0.1, -0.05) is 24.3 Å². The van der Waals surface area contributed by atoms with Gasteiger partial charge in [0.2, 0.25) is 0 Å². The van der Waals surface area contributed by atoms with Gasteiger partial charge in [-0.05, 0) is 18.7 Å². The Balaban J connectivity index is 0.00000144. The van der Waals surface area contributed by atoms with E-state index in [9.17, 15) is 0 Å². The summed E-state index contributed by atoms with van der Waals surface area (Å²) in [6.45, 7) is 8.36. The molecule has 0 bridgehead atoms. The molecule has 1 atom stereocenters. The van der Waals surface area contributed by atoms with Crippen molar-refractivity contribution in [2.75, 3.05) is 6.54 Å². The monoisotopic (exact) mass is 197 g/mol. The second-order valence-corrected chi connectivity index (χ2v) is 2.80. The highest BCUT2D eigenvalue weighted by Gasteiger charge is 2.10. The van der Waals surface area contributed by atoms with Crippen LogP contribution < -0.4 is 0 Å². The molecule has 1 rings (SSSR count). The molecule has 1 unspecified atom stereocenters. The van der Waals surface area contributed by atoms with E-state index >= 15 is 0 Å². The molecule has 0 aliphatic carbocycles. The van der Waals surface area contributed by atoms with Crippen LogP contribution in [0, 0.1) is 0 Å². The Labute approximate surface area is 86.5 Å². The zero-order chi connectivity index (χ0) is 8.81. The molecule has 0 spiro atoms. The van der Waals surface area contributed by atoms with Crippen LogP contribution in [0.5, 0.6) is 0 Å². The lowest BCUT2D eigenvalue weighted by Crippen LogP contribution is -2.30. The molecule has 72 valence electrons. The highest BCUT2D eigenvalue weighted by Crippen LogP contribution is 2.11. The number of rotatable bonds is 4. The van der Waals surface area contributed by atoms with Crippen LogP contribution in [0.25, 0.3) is 0 Å². The quantitative estimate of drug-likeness (QED) is 0.627. The first-order valence-electron chi connectivity index (χ1n) is 4.21. The molecule has 1 heterocycles. The molecule has 13 heavy (non-hydrogen) atoms. The average Bonchev–Trinajstić information content (AvgIpc) is 2.09. The smallest absolute Gasteiger partial charge is 0.0508 e. The summed E-state index contributed by atoms with van der Waals surface area (Å²) in [4.78, 5) is 2.24. The number of nitrogens with zero attached hydrogens (tertiary/aromatic N) is 1. The average molecular weight is 198 g/mol. The SMILES string of the molecule is C=CCC1C=CC=CN1CC=C.Cl. The van der Waals surface area contributed by atoms with Gasteiger partial charge in [-0.3, -0.25) is 0 Å². The molecule has 0 amide bonds. The minimum Gasteiger partial charge on any atom is -0.367 e. The summed E-state index contributed by atoms with van der Waals surface area (Å²) >= 11 is 0. The molecular formula is C11H16ClN. The van der Waals surface area contributed by atoms with Gasteiger partial charge in [0.05, 0.1) is 6.04 Å². The first kappa shape index (κ1) is 12.0. The molecule has 0 fully saturated rings. The Morgan fingerprint density at radius 2 is 2.00 bits per heavy atom. The van der Waals surface area contributed by atoms with Crippen LogP contribution in [-0.2, 0) is 0 Å². The van der Waals surface area contributed by atoms with Crippen LogP contribution in [-0.4, -0.2) is 17.5 Å². The van der Waals surface area contributed by atoms with Crippen molar-refractivity contribution in [1.29, 1.82) is 0 Å². The van der Waals surface area contributed by atoms with Gasteiger partial charge in [0.15, 0.2) is 0 Å². The molecule has 1 aliphatic heterocycles. The van der Waals surface area contributed by atoms with E-state index in [-0.39, 0.29) is 12.4 Å². The van der Waals surface area contributed by atoms with Gasteiger partial charge in [0.1, 0.15) is 0 Å². The first-order valence-corrected chi connectivity index (χ1v) is 4.21. The van der Waals surface area contributed by atoms with Crippen LogP contribution in [0.15, 0.2) is 49.7 Å². The Hall–Kier alpha value is -0.950. The molecule has 1 aliphatic rings. The maximum absolute atomic E-state index is 3.74. The van der Waals surface area contributed by atoms with Crippen molar-refractivity contribution in [2.45, 2.75) is 12.5 Å². The van der Waals surface area contributed by atoms with Crippen molar-refractivity contribution in [3.05, 3.63) is 49.7 Å². The molecule has 0 radical (unpaired) electrons. The molecule has 2 heteroatoms. The summed E-state index contributed by atoms with van der Waals surface area (Å²) in [6.07, 6.45) is 13.3. The summed E-state index contributed by atoms with van der Waals surface area (Å²) in [5.74, 6) is 0. The molecule has 1 nitrogen and oxygen atoms in total. The Kier molecular flexibility index (Phi) is 6.07. The summed E-state index contributed by atoms with van der Waals surface area (Å²) in [6, 6.07) is 0.463. The normalized spacial score (nSPS) is 19.4. The zero-order valence-electron chi connectivity index (χ0n) is 7.73. The van der Waals surface area contributed by atoms with Gasteiger partial charge < -0.3 is 4.90 Å². The van der Waals surface area contributed by atoms with Crippen molar-refractivity contribution in [2.24, 2.45) is 0 Å². The van der Waals surface area contributed by atoms with E-state index in [0.717, 1.165) is 13.0 Å². The predicted molar refractivity (Wildman–Crippen MR) is 61.0 cm³/mol. The Bertz CT molecular complexity index is 194. The Morgan fingerprint density at radius 1 is 1.23 bits per heavy atom. The third-order valence-corrected chi connectivity index (χ3v) is 1.90. The molecular weight excluding hydrogens is 182 g/mol. The summed E-state index contributed by atoms with van der Waals surface area (Å²) in [5.41, 5.74) is 0. The van der Waals surface area contributed by atoms with Gasteiger partial charge >= 0.3 is 0 Å². The highest BCUT2D eigenvalue weighted by molar-refractivity contribution is 5.85. The van der Waals surface area contributed by atoms with Crippen molar-refractivity contribution in [3.63, 3.8) is 0 Å². The maximum atomic E-state index is 3.74. The number of hydrogen-bond acceptors (Lipinski definition) is 1. The van der Waals surface area contributed by atoms with Gasteiger partial charge in [0.25, 0.3) is 0 Å². The molecule has 0 aromatic heterocycles. The topological polar surface area (TPSA) is 3.24 Å². The van der Waals surface area contributed by atoms with E-state index < -0.39 is 0 Å². The summed E-state index contributed by atoms with van der Waals surface area (Å²) in [5, 5.41) is 0. The van der Waals surface area contributed by atoms with Crippen molar-refractivity contribution >= 4 is 12.4 Å². The molecule has 0 aromatic rings. The summed E-state index contributed by atoms with van der Waals surface area (Å²) < 4.78 is 0. The molecule has 0 saturated heterocycles. The van der Waals surface area contributed by atoms with Gasteiger partial charge in [-0.25, -0.2) is 0 Å². The fourth-order valence-electron chi connectivity index (χ4n) is 1.30. The maximum Gasteiger partial charge on any atom is 0.0508 e. The molecule has 0 saturated carbocycles. The molecule has 0 N–H and O–H groups in total. The van der Waals surface area contributed by atoms with Crippen LogP contribution in [0.4, 0.5) is 0 Å². The molecule has 0 aromatic carbocycles. The fraction of sp³-hybridized carbons (Fsp3) is 0.273. The van der Waals surface area contributed by atoms with Crippen LogP contribution >= 0.6 is 12.4 Å². The summed E-state index contributed by atoms with van der Waals surface area (Å²) in [7, 11) is 0. The van der Waals surface area contributed by atoms with E-state index in [0.29, 0.717) is 6.04 Å². The lowest BCUT2D eigenvalue weighted by Gasteiger charge is -2.28. The largest absolute Gasteiger partial charge is 0.367 e. The van der Waals surface area contributed by atoms with Crippen LogP contribution in [0.1, 0.15) is 6.42 Å². The van der Waals surface area contributed by atoms with Crippen LogP contribution in [0.2, 0.25) is 0 Å². The minimum absolute atomic E-state index is 0. The van der Waals surface area contributed by atoms with E-state index in [1.54, 1.807) is 0 Å². The first-order chi connectivity index (χ1) is 5.88. The number of halogens is 1. The lowest BCUT2D eigenvalue weighted by molar-refractivity contribution is 0.348. The number of hydrogen-bond donors (Lipinski definition) is 0. The van der Waals surface area contributed by atoms with E-state index in [1.807, 2.05) is 18.2 Å². The van der Waals surface area contributed by atoms with E-state index in [4.69, 9.17) is 0 Å². The van der Waals surface area contributed by atoms with Crippen molar-refractivity contribution in [1.82, 2.24) is 4.90 Å². The fourth-order valence-corrected chi connectivity index (χ4v) is 1.30. The van der Waals surface area contributed by atoms with Gasteiger partial charge in [-0.15, -0.1) is 25.6 Å². The van der Waals surface area contributed by atoms with Gasteiger partial charge in [-0.2, -0.15) is 0 Å². The third kappa shape index (κ3) is 3.51. The van der Waals surface area contributed by atoms with Crippen LogP contribution in [0.3, 0.4) is 0 Å².